The standard InChI is InChI=1S/C26H27N3O4S/c1-19-11-12-23-25(17-19)33-24-10-4-3-9-22(24)26(27-23)28-13-6-14-29(16-15-28)34(30,31)21-8-5-7-20(18-21)32-2/h3-5,7-12,17-18H,6,13-16H2,1-2H3. The van der Waals surface area contributed by atoms with Crippen molar-refractivity contribution < 1.29 is 17.9 Å². The molecule has 0 aromatic heterocycles. The number of hydrogen-bond acceptors (Lipinski definition) is 6. The number of hydrogen-bond donors (Lipinski definition) is 0. The maximum Gasteiger partial charge on any atom is 0.243 e. The first-order valence-electron chi connectivity index (χ1n) is 11.3. The van der Waals surface area contributed by atoms with Gasteiger partial charge in [0.2, 0.25) is 10.0 Å². The van der Waals surface area contributed by atoms with E-state index in [-0.39, 0.29) is 4.90 Å². The van der Waals surface area contributed by atoms with Crippen LogP contribution in [0.1, 0.15) is 17.5 Å². The van der Waals surface area contributed by atoms with Gasteiger partial charge in [0.1, 0.15) is 23.0 Å². The van der Waals surface area contributed by atoms with Crippen LogP contribution in [0.25, 0.3) is 0 Å². The molecule has 3 aromatic carbocycles. The lowest BCUT2D eigenvalue weighted by molar-refractivity contribution is 0.404. The van der Waals surface area contributed by atoms with Gasteiger partial charge < -0.3 is 14.4 Å². The molecule has 0 amide bonds. The van der Waals surface area contributed by atoms with Gasteiger partial charge in [-0.05, 0) is 55.3 Å². The average molecular weight is 478 g/mol. The van der Waals surface area contributed by atoms with Gasteiger partial charge in [-0.25, -0.2) is 13.4 Å². The van der Waals surface area contributed by atoms with E-state index >= 15 is 0 Å². The summed E-state index contributed by atoms with van der Waals surface area (Å²) in [6.07, 6.45) is 0.687. The van der Waals surface area contributed by atoms with Gasteiger partial charge in [-0.3, -0.25) is 0 Å². The number of rotatable bonds is 3. The molecule has 176 valence electrons. The second-order valence-corrected chi connectivity index (χ2v) is 10.4. The van der Waals surface area contributed by atoms with Crippen LogP contribution >= 0.6 is 0 Å². The van der Waals surface area contributed by atoms with E-state index in [1.54, 1.807) is 28.6 Å². The molecule has 1 saturated heterocycles. The Bertz CT molecular complexity index is 1350. The molecule has 1 fully saturated rings. The molecule has 7 nitrogen and oxygen atoms in total. The summed E-state index contributed by atoms with van der Waals surface area (Å²) < 4.78 is 39.7. The number of aryl methyl sites for hydroxylation is 1. The number of para-hydroxylation sites is 1. The number of fused-ring (bicyclic) bond motifs is 2. The summed E-state index contributed by atoms with van der Waals surface area (Å²) in [6.45, 7) is 4.05. The zero-order valence-electron chi connectivity index (χ0n) is 19.3. The molecule has 34 heavy (non-hydrogen) atoms. The fourth-order valence-electron chi connectivity index (χ4n) is 4.33. The quantitative estimate of drug-likeness (QED) is 0.552. The molecular weight excluding hydrogens is 450 g/mol. The predicted molar refractivity (Wildman–Crippen MR) is 132 cm³/mol. The molecular formula is C26H27N3O4S. The molecule has 5 rings (SSSR count). The maximum atomic E-state index is 13.3. The van der Waals surface area contributed by atoms with Crippen LogP contribution in [0.5, 0.6) is 17.2 Å². The van der Waals surface area contributed by atoms with Crippen molar-refractivity contribution in [2.45, 2.75) is 18.2 Å². The number of ether oxygens (including phenoxy) is 2. The molecule has 0 aliphatic carbocycles. The second kappa shape index (κ2) is 9.12. The highest BCUT2D eigenvalue weighted by atomic mass is 32.2. The molecule has 2 aliphatic rings. The number of benzene rings is 3. The zero-order valence-corrected chi connectivity index (χ0v) is 20.1. The lowest BCUT2D eigenvalue weighted by atomic mass is 10.1. The minimum Gasteiger partial charge on any atom is -0.497 e. The van der Waals surface area contributed by atoms with E-state index in [4.69, 9.17) is 14.5 Å². The SMILES string of the molecule is COc1cccc(S(=O)(=O)N2CCCN(C3=Nc4ccc(C)cc4Oc4ccccc43)CC2)c1. The Hall–Kier alpha value is -3.36. The lowest BCUT2D eigenvalue weighted by Crippen LogP contribution is -2.37. The molecule has 0 bridgehead atoms. The Morgan fingerprint density at radius 1 is 0.912 bits per heavy atom. The zero-order chi connectivity index (χ0) is 23.7. The Balaban J connectivity index is 1.45. The van der Waals surface area contributed by atoms with Gasteiger partial charge in [0, 0.05) is 32.2 Å². The van der Waals surface area contributed by atoms with E-state index < -0.39 is 10.0 Å². The van der Waals surface area contributed by atoms with Gasteiger partial charge in [0.25, 0.3) is 0 Å². The summed E-state index contributed by atoms with van der Waals surface area (Å²) in [5.41, 5.74) is 2.77. The molecule has 0 N–H and O–H groups in total. The largest absolute Gasteiger partial charge is 0.497 e. The van der Waals surface area contributed by atoms with Crippen LogP contribution in [0.3, 0.4) is 0 Å². The van der Waals surface area contributed by atoms with Crippen molar-refractivity contribution in [1.82, 2.24) is 9.21 Å². The maximum absolute atomic E-state index is 13.3. The van der Waals surface area contributed by atoms with Gasteiger partial charge in [-0.1, -0.05) is 24.3 Å². The predicted octanol–water partition coefficient (Wildman–Crippen LogP) is 4.58. The normalized spacial score (nSPS) is 16.4. The topological polar surface area (TPSA) is 71.4 Å². The summed E-state index contributed by atoms with van der Waals surface area (Å²) in [7, 11) is -2.10. The van der Waals surface area contributed by atoms with Gasteiger partial charge >= 0.3 is 0 Å². The lowest BCUT2D eigenvalue weighted by Gasteiger charge is -2.25. The van der Waals surface area contributed by atoms with E-state index in [2.05, 4.69) is 4.90 Å². The number of nitrogens with zero attached hydrogens (tertiary/aromatic N) is 3. The highest BCUT2D eigenvalue weighted by Crippen LogP contribution is 2.38. The fourth-order valence-corrected chi connectivity index (χ4v) is 5.83. The van der Waals surface area contributed by atoms with Gasteiger partial charge in [0.05, 0.1) is 17.6 Å². The van der Waals surface area contributed by atoms with E-state index in [1.807, 2.05) is 49.4 Å². The minimum absolute atomic E-state index is 0.246. The van der Waals surface area contributed by atoms with E-state index in [1.165, 1.54) is 7.11 Å². The number of aliphatic imine (C=N–C) groups is 1. The van der Waals surface area contributed by atoms with Crippen molar-refractivity contribution in [1.29, 1.82) is 0 Å². The second-order valence-electron chi connectivity index (χ2n) is 8.43. The number of amidine groups is 1. The molecule has 0 saturated carbocycles. The van der Waals surface area contributed by atoms with Crippen LogP contribution in [0.15, 0.2) is 76.6 Å². The summed E-state index contributed by atoms with van der Waals surface area (Å²) in [5.74, 6) is 2.80. The monoisotopic (exact) mass is 477 g/mol. The minimum atomic E-state index is -3.63. The number of sulfonamides is 1. The molecule has 2 heterocycles. The average Bonchev–Trinajstić information content (AvgIpc) is 3.19. The van der Waals surface area contributed by atoms with Gasteiger partial charge in [0.15, 0.2) is 5.75 Å². The molecule has 8 heteroatoms. The molecule has 0 atom stereocenters. The Labute approximate surface area is 200 Å². The van der Waals surface area contributed by atoms with Crippen molar-refractivity contribution >= 4 is 21.5 Å². The van der Waals surface area contributed by atoms with Crippen molar-refractivity contribution in [3.05, 3.63) is 77.9 Å². The van der Waals surface area contributed by atoms with Gasteiger partial charge in [-0.2, -0.15) is 4.31 Å². The van der Waals surface area contributed by atoms with Crippen LogP contribution in [0, 0.1) is 6.92 Å². The fraction of sp³-hybridized carbons (Fsp3) is 0.269. The van der Waals surface area contributed by atoms with Crippen molar-refractivity contribution in [3.63, 3.8) is 0 Å². The third kappa shape index (κ3) is 4.26. The van der Waals surface area contributed by atoms with Crippen molar-refractivity contribution in [3.8, 4) is 17.2 Å². The smallest absolute Gasteiger partial charge is 0.243 e. The van der Waals surface area contributed by atoms with Crippen molar-refractivity contribution in [2.24, 2.45) is 4.99 Å². The number of methoxy groups -OCH3 is 1. The van der Waals surface area contributed by atoms with Gasteiger partial charge in [-0.15, -0.1) is 0 Å². The van der Waals surface area contributed by atoms with Crippen LogP contribution in [-0.2, 0) is 10.0 Å². The molecule has 2 aliphatic heterocycles. The highest BCUT2D eigenvalue weighted by Gasteiger charge is 2.30. The Morgan fingerprint density at radius 2 is 1.76 bits per heavy atom. The van der Waals surface area contributed by atoms with Crippen LogP contribution in [-0.4, -0.2) is 56.7 Å². The molecule has 3 aromatic rings. The summed E-state index contributed by atoms with van der Waals surface area (Å²) in [6, 6.07) is 20.5. The van der Waals surface area contributed by atoms with Crippen molar-refractivity contribution in [2.75, 3.05) is 33.3 Å². The first kappa shape index (κ1) is 22.4. The highest BCUT2D eigenvalue weighted by molar-refractivity contribution is 7.89. The van der Waals surface area contributed by atoms with Crippen LogP contribution in [0.2, 0.25) is 0 Å². The first-order chi connectivity index (χ1) is 16.5. The third-order valence-corrected chi connectivity index (χ3v) is 8.02. The first-order valence-corrected chi connectivity index (χ1v) is 12.8. The summed E-state index contributed by atoms with van der Waals surface area (Å²) >= 11 is 0. The van der Waals surface area contributed by atoms with E-state index in [9.17, 15) is 8.42 Å². The Kier molecular flexibility index (Phi) is 6.02. The molecule has 0 spiro atoms. The Morgan fingerprint density at radius 3 is 2.62 bits per heavy atom. The van der Waals surface area contributed by atoms with E-state index in [0.717, 1.165) is 34.1 Å². The molecule has 0 radical (unpaired) electrons. The summed E-state index contributed by atoms with van der Waals surface area (Å²) in [5, 5.41) is 0. The third-order valence-electron chi connectivity index (χ3n) is 6.12. The summed E-state index contributed by atoms with van der Waals surface area (Å²) in [4.78, 5) is 7.40. The van der Waals surface area contributed by atoms with Crippen LogP contribution in [0.4, 0.5) is 5.69 Å². The van der Waals surface area contributed by atoms with E-state index in [0.29, 0.717) is 38.3 Å². The molecule has 0 unspecified atom stereocenters. The van der Waals surface area contributed by atoms with Crippen LogP contribution < -0.4 is 9.47 Å².